The van der Waals surface area contributed by atoms with Gasteiger partial charge in [0.2, 0.25) is 0 Å². The Kier molecular flexibility index (Phi) is 2.95. The summed E-state index contributed by atoms with van der Waals surface area (Å²) in [6.45, 7) is 3.36. The minimum atomic E-state index is -1.32. The molecule has 4 heteroatoms. The molecule has 2 heterocycles. The highest BCUT2D eigenvalue weighted by molar-refractivity contribution is 5.15. The van der Waals surface area contributed by atoms with E-state index in [1.54, 1.807) is 19.3 Å². The van der Waals surface area contributed by atoms with Gasteiger partial charge in [-0.05, 0) is 26.3 Å². The number of alkyl halides is 1. The first-order valence-corrected chi connectivity index (χ1v) is 5.36. The predicted octanol–water partition coefficient (Wildman–Crippen LogP) is 1.66. The van der Waals surface area contributed by atoms with E-state index in [1.165, 1.54) is 6.33 Å². The topological polar surface area (TPSA) is 37.8 Å². The van der Waals surface area contributed by atoms with Crippen molar-refractivity contribution in [3.05, 3.63) is 24.3 Å². The van der Waals surface area contributed by atoms with Gasteiger partial charge in [-0.25, -0.2) is 14.4 Å². The van der Waals surface area contributed by atoms with Gasteiger partial charge >= 0.3 is 0 Å². The Hall–Kier alpha value is -1.03. The van der Waals surface area contributed by atoms with Gasteiger partial charge in [-0.2, -0.15) is 0 Å². The van der Waals surface area contributed by atoms with Crippen LogP contribution in [0, 0.1) is 5.92 Å². The first kappa shape index (κ1) is 10.5. The molecule has 3 nitrogen and oxygen atoms in total. The van der Waals surface area contributed by atoms with Crippen LogP contribution in [0.1, 0.15) is 25.3 Å². The maximum absolute atomic E-state index is 14.6. The molecule has 0 radical (unpaired) electrons. The van der Waals surface area contributed by atoms with Crippen molar-refractivity contribution < 1.29 is 4.39 Å². The summed E-state index contributed by atoms with van der Waals surface area (Å²) in [6.07, 6.45) is 6.54. The van der Waals surface area contributed by atoms with Crippen LogP contribution in [0.2, 0.25) is 0 Å². The molecule has 0 aliphatic carbocycles. The van der Waals surface area contributed by atoms with Gasteiger partial charge in [0.1, 0.15) is 12.0 Å². The van der Waals surface area contributed by atoms with E-state index in [9.17, 15) is 4.39 Å². The van der Waals surface area contributed by atoms with E-state index in [4.69, 9.17) is 0 Å². The average molecular weight is 209 g/mol. The molecular weight excluding hydrogens is 193 g/mol. The third kappa shape index (κ3) is 2.15. The van der Waals surface area contributed by atoms with Crippen LogP contribution in [0.25, 0.3) is 0 Å². The van der Waals surface area contributed by atoms with Gasteiger partial charge in [0.25, 0.3) is 0 Å². The lowest BCUT2D eigenvalue weighted by Crippen LogP contribution is -2.40. The van der Waals surface area contributed by atoms with Crippen molar-refractivity contribution >= 4 is 0 Å². The molecule has 0 spiro atoms. The van der Waals surface area contributed by atoms with Gasteiger partial charge < -0.3 is 5.32 Å². The quantitative estimate of drug-likeness (QED) is 0.805. The van der Waals surface area contributed by atoms with E-state index in [0.29, 0.717) is 5.56 Å². The summed E-state index contributed by atoms with van der Waals surface area (Å²) < 4.78 is 14.6. The number of hydrogen-bond acceptors (Lipinski definition) is 3. The fraction of sp³-hybridized carbons (Fsp3) is 0.636. The number of aromatic nitrogens is 2. The lowest BCUT2D eigenvalue weighted by molar-refractivity contribution is 0.0804. The molecule has 2 rings (SSSR count). The van der Waals surface area contributed by atoms with Crippen LogP contribution in [0.4, 0.5) is 4.39 Å². The highest BCUT2D eigenvalue weighted by Gasteiger charge is 2.37. The highest BCUT2D eigenvalue weighted by atomic mass is 19.1. The largest absolute Gasteiger partial charge is 0.316 e. The maximum Gasteiger partial charge on any atom is 0.140 e. The molecule has 1 N–H and O–H groups in total. The third-order valence-corrected chi connectivity index (χ3v) is 3.19. The van der Waals surface area contributed by atoms with E-state index >= 15 is 0 Å². The molecule has 1 aliphatic heterocycles. The number of halogens is 1. The fourth-order valence-electron chi connectivity index (χ4n) is 2.10. The molecule has 0 saturated carbocycles. The minimum Gasteiger partial charge on any atom is -0.316 e. The summed E-state index contributed by atoms with van der Waals surface area (Å²) in [7, 11) is 0. The van der Waals surface area contributed by atoms with Gasteiger partial charge in [-0.3, -0.25) is 0 Å². The van der Waals surface area contributed by atoms with Crippen molar-refractivity contribution in [3.8, 4) is 0 Å². The summed E-state index contributed by atoms with van der Waals surface area (Å²) in [5.74, 6) is 0.0252. The average Bonchev–Trinajstić information content (AvgIpc) is 2.31. The van der Waals surface area contributed by atoms with Gasteiger partial charge in [-0.1, -0.05) is 0 Å². The van der Waals surface area contributed by atoms with E-state index in [2.05, 4.69) is 15.3 Å². The van der Waals surface area contributed by atoms with Gasteiger partial charge in [-0.15, -0.1) is 0 Å². The summed E-state index contributed by atoms with van der Waals surface area (Å²) in [4.78, 5) is 7.75. The molecule has 2 atom stereocenters. The fourth-order valence-corrected chi connectivity index (χ4v) is 2.10. The maximum atomic E-state index is 14.6. The van der Waals surface area contributed by atoms with Crippen LogP contribution in [0.5, 0.6) is 0 Å². The van der Waals surface area contributed by atoms with E-state index in [-0.39, 0.29) is 5.92 Å². The van der Waals surface area contributed by atoms with Crippen molar-refractivity contribution in [2.24, 2.45) is 5.92 Å². The minimum absolute atomic E-state index is 0.0252. The molecule has 1 aromatic heterocycles. The Morgan fingerprint density at radius 2 is 2.20 bits per heavy atom. The Balaban J connectivity index is 2.18. The lowest BCUT2D eigenvalue weighted by atomic mass is 9.81. The molecule has 0 aromatic carbocycles. The molecular formula is C11H16FN3. The van der Waals surface area contributed by atoms with Gasteiger partial charge in [0.15, 0.2) is 0 Å². The van der Waals surface area contributed by atoms with Crippen molar-refractivity contribution in [1.29, 1.82) is 0 Å². The zero-order chi connectivity index (χ0) is 10.7. The van der Waals surface area contributed by atoms with Crippen LogP contribution in [0.15, 0.2) is 18.7 Å². The van der Waals surface area contributed by atoms with Crippen LogP contribution in [0.3, 0.4) is 0 Å². The molecule has 82 valence electrons. The van der Waals surface area contributed by atoms with Crippen LogP contribution >= 0.6 is 0 Å². The molecule has 1 aromatic rings. The normalized spacial score (nSPS) is 25.9. The lowest BCUT2D eigenvalue weighted by Gasteiger charge is -2.33. The van der Waals surface area contributed by atoms with E-state index in [0.717, 1.165) is 25.9 Å². The molecule has 2 unspecified atom stereocenters. The molecule has 15 heavy (non-hydrogen) atoms. The SMILES string of the molecule is CC(F)(c1cncnc1)C1CCCNC1. The number of nitrogens with zero attached hydrogens (tertiary/aromatic N) is 2. The van der Waals surface area contributed by atoms with E-state index in [1.807, 2.05) is 0 Å². The second-order valence-corrected chi connectivity index (χ2v) is 4.25. The number of hydrogen-bond donors (Lipinski definition) is 1. The Bertz CT molecular complexity index is 307. The number of rotatable bonds is 2. The van der Waals surface area contributed by atoms with Crippen LogP contribution in [-0.2, 0) is 5.67 Å². The summed E-state index contributed by atoms with van der Waals surface area (Å²) in [5.41, 5.74) is -0.743. The number of piperidine rings is 1. The van der Waals surface area contributed by atoms with Crippen molar-refractivity contribution in [2.45, 2.75) is 25.4 Å². The van der Waals surface area contributed by atoms with Crippen molar-refractivity contribution in [2.75, 3.05) is 13.1 Å². The highest BCUT2D eigenvalue weighted by Crippen LogP contribution is 2.36. The second kappa shape index (κ2) is 4.23. The standard InChI is InChI=1S/C11H16FN3/c1-11(12,9-3-2-4-13-5-9)10-6-14-8-15-7-10/h6-9,13H,2-5H2,1H3. The molecule has 0 bridgehead atoms. The smallest absolute Gasteiger partial charge is 0.140 e. The third-order valence-electron chi connectivity index (χ3n) is 3.19. The molecule has 1 aliphatic rings. The molecule has 1 saturated heterocycles. The zero-order valence-corrected chi connectivity index (χ0v) is 8.91. The Morgan fingerprint density at radius 1 is 1.47 bits per heavy atom. The predicted molar refractivity (Wildman–Crippen MR) is 56.1 cm³/mol. The van der Waals surface area contributed by atoms with Crippen molar-refractivity contribution in [1.82, 2.24) is 15.3 Å². The van der Waals surface area contributed by atoms with Gasteiger partial charge in [0.05, 0.1) is 0 Å². The monoisotopic (exact) mass is 209 g/mol. The molecule has 1 fully saturated rings. The first-order chi connectivity index (χ1) is 7.21. The Labute approximate surface area is 89.1 Å². The Morgan fingerprint density at radius 3 is 2.80 bits per heavy atom. The molecule has 0 amide bonds. The number of nitrogens with one attached hydrogen (secondary N) is 1. The van der Waals surface area contributed by atoms with Crippen molar-refractivity contribution in [3.63, 3.8) is 0 Å². The second-order valence-electron chi connectivity index (χ2n) is 4.25. The summed E-state index contributed by atoms with van der Waals surface area (Å²) in [5, 5.41) is 3.23. The first-order valence-electron chi connectivity index (χ1n) is 5.36. The van der Waals surface area contributed by atoms with E-state index < -0.39 is 5.67 Å². The summed E-state index contributed by atoms with van der Waals surface area (Å²) >= 11 is 0. The van der Waals surface area contributed by atoms with Crippen LogP contribution < -0.4 is 5.32 Å². The van der Waals surface area contributed by atoms with Crippen LogP contribution in [-0.4, -0.2) is 23.1 Å². The zero-order valence-electron chi connectivity index (χ0n) is 8.91. The van der Waals surface area contributed by atoms with Gasteiger partial charge in [0, 0.05) is 30.4 Å². The summed E-state index contributed by atoms with van der Waals surface area (Å²) in [6, 6.07) is 0.